The number of benzene rings is 1. The molecule has 40 heavy (non-hydrogen) atoms. The number of pyridine rings is 1. The van der Waals surface area contributed by atoms with Crippen molar-refractivity contribution in [3.05, 3.63) is 76.4 Å². The zero-order valence-electron chi connectivity index (χ0n) is 21.9. The number of nitrogens with zero attached hydrogens (tertiary/aromatic N) is 5. The van der Waals surface area contributed by atoms with Gasteiger partial charge in [-0.25, -0.2) is 18.7 Å². The van der Waals surface area contributed by atoms with Crippen molar-refractivity contribution in [1.82, 2.24) is 24.8 Å². The Hall–Kier alpha value is -4.45. The molecule has 1 N–H and O–H groups in total. The summed E-state index contributed by atoms with van der Waals surface area (Å²) in [6.07, 6.45) is 3.27. The zero-order chi connectivity index (χ0) is 28.1. The van der Waals surface area contributed by atoms with Gasteiger partial charge in [0.25, 0.3) is 5.91 Å². The van der Waals surface area contributed by atoms with E-state index < -0.39 is 17.7 Å². The molecule has 1 aliphatic rings. The van der Waals surface area contributed by atoms with Gasteiger partial charge in [0.05, 0.1) is 17.4 Å². The van der Waals surface area contributed by atoms with E-state index in [1.54, 1.807) is 5.38 Å². The lowest BCUT2D eigenvalue weighted by Gasteiger charge is -2.35. The Kier molecular flexibility index (Phi) is 6.41. The number of nitrogens with one attached hydrogen (secondary N) is 1. The molecule has 1 unspecified atom stereocenters. The maximum atomic E-state index is 14.3. The van der Waals surface area contributed by atoms with Gasteiger partial charge in [0, 0.05) is 42.4 Å². The van der Waals surface area contributed by atoms with Gasteiger partial charge in [-0.05, 0) is 56.5 Å². The fraction of sp³-hybridized carbons (Fsp3) is 0.250. The molecule has 204 valence electrons. The number of aryl methyl sites for hydroxylation is 2. The summed E-state index contributed by atoms with van der Waals surface area (Å²) in [6.45, 7) is 3.70. The number of aromatic nitrogens is 4. The van der Waals surface area contributed by atoms with Gasteiger partial charge in [-0.2, -0.15) is 0 Å². The van der Waals surface area contributed by atoms with Crippen LogP contribution >= 0.6 is 11.3 Å². The Morgan fingerprint density at radius 3 is 2.70 bits per heavy atom. The van der Waals surface area contributed by atoms with Crippen LogP contribution in [0.1, 0.15) is 52.9 Å². The van der Waals surface area contributed by atoms with E-state index in [0.29, 0.717) is 40.6 Å². The van der Waals surface area contributed by atoms with Gasteiger partial charge in [0.2, 0.25) is 5.91 Å². The second kappa shape index (κ2) is 9.94. The van der Waals surface area contributed by atoms with Crippen molar-refractivity contribution >= 4 is 34.5 Å². The second-order valence-corrected chi connectivity index (χ2v) is 10.4. The van der Waals surface area contributed by atoms with Crippen LogP contribution in [-0.2, 0) is 4.79 Å². The first-order chi connectivity index (χ1) is 19.3. The lowest BCUT2D eigenvalue weighted by Crippen LogP contribution is -2.38. The van der Waals surface area contributed by atoms with Crippen LogP contribution in [-0.4, -0.2) is 38.4 Å². The number of carbonyl (C=O) groups is 2. The van der Waals surface area contributed by atoms with Crippen LogP contribution in [0, 0.1) is 25.5 Å². The number of rotatable bonds is 5. The van der Waals surface area contributed by atoms with Crippen molar-refractivity contribution in [3.63, 3.8) is 0 Å². The molecule has 5 heterocycles. The molecule has 1 aliphatic heterocycles. The van der Waals surface area contributed by atoms with Crippen LogP contribution in [0.5, 0.6) is 0 Å². The lowest BCUT2D eigenvalue weighted by atomic mass is 9.96. The van der Waals surface area contributed by atoms with E-state index in [1.807, 2.05) is 36.6 Å². The summed E-state index contributed by atoms with van der Waals surface area (Å²) in [5.74, 6) is -1.90. The average molecular weight is 563 g/mol. The van der Waals surface area contributed by atoms with Crippen LogP contribution in [0.3, 0.4) is 0 Å². The first-order valence-corrected chi connectivity index (χ1v) is 13.5. The second-order valence-electron chi connectivity index (χ2n) is 9.58. The van der Waals surface area contributed by atoms with E-state index in [2.05, 4.69) is 15.5 Å². The van der Waals surface area contributed by atoms with E-state index in [0.717, 1.165) is 29.0 Å². The van der Waals surface area contributed by atoms with Crippen LogP contribution < -0.4 is 10.2 Å². The topological polar surface area (TPSA) is 106 Å². The molecule has 0 saturated carbocycles. The molecule has 0 spiro atoms. The van der Waals surface area contributed by atoms with E-state index in [4.69, 9.17) is 9.51 Å². The number of carbonyl (C=O) groups excluding carboxylic acids is 2. The van der Waals surface area contributed by atoms with Crippen molar-refractivity contribution in [1.29, 1.82) is 0 Å². The summed E-state index contributed by atoms with van der Waals surface area (Å²) in [5, 5.41) is 8.84. The molecule has 1 fully saturated rings. The van der Waals surface area contributed by atoms with Crippen LogP contribution in [0.4, 0.5) is 14.5 Å². The van der Waals surface area contributed by atoms with E-state index in [-0.39, 0.29) is 29.6 Å². The number of hydrogen-bond acceptors (Lipinski definition) is 7. The molecule has 12 heteroatoms. The van der Waals surface area contributed by atoms with E-state index in [9.17, 15) is 18.4 Å². The van der Waals surface area contributed by atoms with Crippen LogP contribution in [0.25, 0.3) is 27.5 Å². The molecule has 9 nitrogen and oxygen atoms in total. The monoisotopic (exact) mass is 562 g/mol. The van der Waals surface area contributed by atoms with Crippen LogP contribution in [0.15, 0.2) is 46.4 Å². The third-order valence-corrected chi connectivity index (χ3v) is 7.94. The molecular formula is C28H24F2N6O3S. The lowest BCUT2D eigenvalue weighted by molar-refractivity contribution is -0.120. The first-order valence-electron chi connectivity index (χ1n) is 12.7. The summed E-state index contributed by atoms with van der Waals surface area (Å²) < 4.78 is 35.3. The predicted molar refractivity (Wildman–Crippen MR) is 145 cm³/mol. The normalized spacial score (nSPS) is 15.7. The number of thiazole rings is 1. The summed E-state index contributed by atoms with van der Waals surface area (Å²) in [4.78, 5) is 36.6. The van der Waals surface area contributed by atoms with Crippen molar-refractivity contribution in [3.8, 4) is 21.8 Å². The maximum Gasteiger partial charge on any atom is 0.270 e. The number of imidazole rings is 1. The van der Waals surface area contributed by atoms with Gasteiger partial charge in [-0.15, -0.1) is 11.3 Å². The van der Waals surface area contributed by atoms with Gasteiger partial charge in [-0.3, -0.25) is 14.0 Å². The highest BCUT2D eigenvalue weighted by atomic mass is 32.1. The Morgan fingerprint density at radius 1 is 1.15 bits per heavy atom. The number of halogens is 2. The molecule has 0 radical (unpaired) electrons. The number of fused-ring (bicyclic) bond motifs is 1. The third-order valence-electron chi connectivity index (χ3n) is 7.09. The third kappa shape index (κ3) is 4.24. The summed E-state index contributed by atoms with van der Waals surface area (Å²) in [6, 6.07) is 6.69. The Morgan fingerprint density at radius 2 is 1.98 bits per heavy atom. The number of hydrogen-bond donors (Lipinski definition) is 1. The van der Waals surface area contributed by atoms with Gasteiger partial charge >= 0.3 is 0 Å². The fourth-order valence-corrected chi connectivity index (χ4v) is 6.11. The van der Waals surface area contributed by atoms with Crippen molar-refractivity contribution in [2.75, 3.05) is 11.9 Å². The van der Waals surface area contributed by atoms with Crippen molar-refractivity contribution < 1.29 is 22.9 Å². The average Bonchev–Trinajstić information content (AvgIpc) is 3.66. The number of amides is 2. The Bertz CT molecular complexity index is 1770. The summed E-state index contributed by atoms with van der Waals surface area (Å²) in [5.41, 5.74) is 4.72. The maximum absolute atomic E-state index is 14.3. The molecule has 2 amide bonds. The minimum absolute atomic E-state index is 0.216. The number of piperidine rings is 1. The fourth-order valence-electron chi connectivity index (χ4n) is 5.26. The smallest absolute Gasteiger partial charge is 0.270 e. The molecule has 1 aromatic carbocycles. The molecular weight excluding hydrogens is 538 g/mol. The molecule has 4 aromatic heterocycles. The summed E-state index contributed by atoms with van der Waals surface area (Å²) >= 11 is 1.28. The highest BCUT2D eigenvalue weighted by Crippen LogP contribution is 2.41. The summed E-state index contributed by atoms with van der Waals surface area (Å²) in [7, 11) is 1.53. The molecule has 5 aromatic rings. The minimum atomic E-state index is -1.04. The predicted octanol–water partition coefficient (Wildman–Crippen LogP) is 5.63. The molecule has 0 aliphatic carbocycles. The first kappa shape index (κ1) is 25.8. The molecule has 6 rings (SSSR count). The van der Waals surface area contributed by atoms with Crippen LogP contribution in [0.2, 0.25) is 0 Å². The molecule has 0 bridgehead atoms. The quantitative estimate of drug-likeness (QED) is 0.298. The van der Waals surface area contributed by atoms with Crippen molar-refractivity contribution in [2.45, 2.75) is 39.2 Å². The number of anilines is 1. The standard InChI is InChI=1S/C28H24F2N6O3S/c1-14-24(15(2)39-34-14)16-9-10-35-22(11-16)33-25(26(35)28-32-20(13-40-28)27(38)31-3)21-5-4-6-23(37)36(21)17-7-8-18(29)19(30)12-17/h7-13,21H,4-6H2,1-3H3,(H,31,38). The van der Waals surface area contributed by atoms with Gasteiger partial charge < -0.3 is 14.7 Å². The van der Waals surface area contributed by atoms with Crippen molar-refractivity contribution in [2.24, 2.45) is 0 Å². The largest absolute Gasteiger partial charge is 0.361 e. The van der Waals surface area contributed by atoms with Gasteiger partial charge in [0.1, 0.15) is 27.8 Å². The van der Waals surface area contributed by atoms with E-state index >= 15 is 0 Å². The highest BCUT2D eigenvalue weighted by Gasteiger charge is 2.36. The van der Waals surface area contributed by atoms with Gasteiger partial charge in [-0.1, -0.05) is 5.16 Å². The Balaban J connectivity index is 1.56. The SMILES string of the molecule is CNC(=O)c1csc(-c2c(C3CCCC(=O)N3c3ccc(F)c(F)c3)nc3cc(-c4c(C)noc4C)ccn23)n1. The Labute approximate surface area is 231 Å². The molecule has 1 saturated heterocycles. The van der Waals surface area contributed by atoms with Gasteiger partial charge in [0.15, 0.2) is 11.6 Å². The highest BCUT2D eigenvalue weighted by molar-refractivity contribution is 7.13. The van der Waals surface area contributed by atoms with E-state index in [1.165, 1.54) is 29.4 Å². The molecule has 1 atom stereocenters. The minimum Gasteiger partial charge on any atom is -0.361 e. The zero-order valence-corrected chi connectivity index (χ0v) is 22.7.